The third kappa shape index (κ3) is 3.09. The number of carbonyl (C=O) groups excluding carboxylic acids is 1. The molecule has 0 saturated heterocycles. The van der Waals surface area contributed by atoms with Gasteiger partial charge in [-0.25, -0.2) is 0 Å². The van der Waals surface area contributed by atoms with Gasteiger partial charge in [0.15, 0.2) is 5.43 Å². The van der Waals surface area contributed by atoms with Crippen molar-refractivity contribution < 1.29 is 9.21 Å². The average molecular weight is 427 g/mol. The second-order valence-corrected chi connectivity index (χ2v) is 7.85. The molecule has 0 aliphatic carbocycles. The molecule has 5 nitrogen and oxygen atoms in total. The standard InChI is InChI=1S/C21H19BrN2O3/c1-23(2)10-11-24-18(13-6-5-7-14(22)12-13)17-19(25)15-8-3-4-9-16(15)27-20(17)21(24)26/h3-9,12,18H,10-11H2,1-2H3/t18-/m0/s1. The fraction of sp³-hybridized carbons (Fsp3) is 0.238. The molecular formula is C21H19BrN2O3. The van der Waals surface area contributed by atoms with Crippen LogP contribution in [0, 0.1) is 0 Å². The van der Waals surface area contributed by atoms with Crippen LogP contribution in [0.15, 0.2) is 62.2 Å². The maximum Gasteiger partial charge on any atom is 0.290 e. The smallest absolute Gasteiger partial charge is 0.290 e. The summed E-state index contributed by atoms with van der Waals surface area (Å²) >= 11 is 3.49. The Bertz CT molecular complexity index is 1090. The van der Waals surface area contributed by atoms with Gasteiger partial charge in [-0.3, -0.25) is 9.59 Å². The number of likely N-dealkylation sites (N-methyl/N-ethyl adjacent to an activating group) is 1. The van der Waals surface area contributed by atoms with Gasteiger partial charge in [0.1, 0.15) is 5.58 Å². The third-order valence-electron chi connectivity index (χ3n) is 4.83. The van der Waals surface area contributed by atoms with Gasteiger partial charge in [-0.15, -0.1) is 0 Å². The van der Waals surface area contributed by atoms with Crippen LogP contribution in [-0.2, 0) is 0 Å². The quantitative estimate of drug-likeness (QED) is 0.638. The molecule has 1 aliphatic rings. The maximum absolute atomic E-state index is 13.3. The Labute approximate surface area is 165 Å². The molecular weight excluding hydrogens is 408 g/mol. The predicted molar refractivity (Wildman–Crippen MR) is 108 cm³/mol. The highest BCUT2D eigenvalue weighted by atomic mass is 79.9. The van der Waals surface area contributed by atoms with Gasteiger partial charge in [0.25, 0.3) is 5.91 Å². The highest BCUT2D eigenvalue weighted by Crippen LogP contribution is 2.38. The third-order valence-corrected chi connectivity index (χ3v) is 5.32. The van der Waals surface area contributed by atoms with E-state index in [1.54, 1.807) is 29.2 Å². The predicted octanol–water partition coefficient (Wildman–Crippen LogP) is 3.66. The molecule has 27 heavy (non-hydrogen) atoms. The average Bonchev–Trinajstić information content (AvgIpc) is 2.93. The second-order valence-electron chi connectivity index (χ2n) is 6.93. The number of halogens is 1. The first-order valence-electron chi connectivity index (χ1n) is 8.74. The van der Waals surface area contributed by atoms with Gasteiger partial charge < -0.3 is 14.2 Å². The number of para-hydroxylation sites is 1. The van der Waals surface area contributed by atoms with E-state index in [1.165, 1.54) is 0 Å². The molecule has 2 heterocycles. The summed E-state index contributed by atoms with van der Waals surface area (Å²) in [6.07, 6.45) is 0. The molecule has 0 N–H and O–H groups in total. The molecule has 0 spiro atoms. The SMILES string of the molecule is CN(C)CCN1C(=O)c2oc3ccccc3c(=O)c2[C@@H]1c1cccc(Br)c1. The first-order valence-corrected chi connectivity index (χ1v) is 9.53. The monoisotopic (exact) mass is 426 g/mol. The number of nitrogens with zero attached hydrogens (tertiary/aromatic N) is 2. The summed E-state index contributed by atoms with van der Waals surface area (Å²) in [5, 5.41) is 0.499. The minimum atomic E-state index is -0.453. The zero-order valence-electron chi connectivity index (χ0n) is 15.1. The molecule has 1 atom stereocenters. The zero-order chi connectivity index (χ0) is 19.1. The number of hydrogen-bond acceptors (Lipinski definition) is 4. The summed E-state index contributed by atoms with van der Waals surface area (Å²) in [5.74, 6) is -0.0814. The van der Waals surface area contributed by atoms with Crippen LogP contribution >= 0.6 is 15.9 Å². The van der Waals surface area contributed by atoms with E-state index < -0.39 is 6.04 Å². The van der Waals surface area contributed by atoms with Crippen molar-refractivity contribution in [3.8, 4) is 0 Å². The number of carbonyl (C=O) groups is 1. The van der Waals surface area contributed by atoms with Crippen LogP contribution in [-0.4, -0.2) is 42.9 Å². The number of fused-ring (bicyclic) bond motifs is 2. The molecule has 0 radical (unpaired) electrons. The summed E-state index contributed by atoms with van der Waals surface area (Å²) in [6, 6.07) is 14.3. The molecule has 3 aromatic rings. The zero-order valence-corrected chi connectivity index (χ0v) is 16.7. The highest BCUT2D eigenvalue weighted by molar-refractivity contribution is 9.10. The Kier molecular flexibility index (Phi) is 4.61. The van der Waals surface area contributed by atoms with Crippen molar-refractivity contribution >= 4 is 32.8 Å². The Balaban J connectivity index is 1.94. The minimum Gasteiger partial charge on any atom is -0.450 e. The van der Waals surface area contributed by atoms with E-state index in [0.29, 0.717) is 29.6 Å². The normalized spacial score (nSPS) is 16.4. The van der Waals surface area contributed by atoms with Crippen LogP contribution in [0.4, 0.5) is 0 Å². The van der Waals surface area contributed by atoms with E-state index in [2.05, 4.69) is 15.9 Å². The van der Waals surface area contributed by atoms with Crippen molar-refractivity contribution in [2.24, 2.45) is 0 Å². The Morgan fingerprint density at radius 1 is 1.11 bits per heavy atom. The molecule has 1 aliphatic heterocycles. The molecule has 1 aromatic heterocycles. The minimum absolute atomic E-state index is 0.141. The van der Waals surface area contributed by atoms with Crippen LogP contribution in [0.25, 0.3) is 11.0 Å². The van der Waals surface area contributed by atoms with Gasteiger partial charge >= 0.3 is 0 Å². The lowest BCUT2D eigenvalue weighted by molar-refractivity contribution is 0.0716. The van der Waals surface area contributed by atoms with E-state index >= 15 is 0 Å². The van der Waals surface area contributed by atoms with Crippen molar-refractivity contribution in [3.05, 3.63) is 80.1 Å². The van der Waals surface area contributed by atoms with Crippen molar-refractivity contribution in [2.75, 3.05) is 27.2 Å². The van der Waals surface area contributed by atoms with Crippen molar-refractivity contribution in [1.29, 1.82) is 0 Å². The summed E-state index contributed by atoms with van der Waals surface area (Å²) in [6.45, 7) is 1.20. The van der Waals surface area contributed by atoms with Gasteiger partial charge in [0.2, 0.25) is 5.76 Å². The molecule has 6 heteroatoms. The van der Waals surface area contributed by atoms with E-state index in [4.69, 9.17) is 4.42 Å². The Hall–Kier alpha value is -2.44. The summed E-state index contributed by atoms with van der Waals surface area (Å²) in [5.41, 5.74) is 1.61. The largest absolute Gasteiger partial charge is 0.450 e. The maximum atomic E-state index is 13.3. The number of rotatable bonds is 4. The van der Waals surface area contributed by atoms with Crippen molar-refractivity contribution in [2.45, 2.75) is 6.04 Å². The van der Waals surface area contributed by atoms with Crippen LogP contribution in [0.1, 0.15) is 27.7 Å². The fourth-order valence-corrected chi connectivity index (χ4v) is 3.95. The van der Waals surface area contributed by atoms with Gasteiger partial charge in [0, 0.05) is 17.6 Å². The topological polar surface area (TPSA) is 53.8 Å². The van der Waals surface area contributed by atoms with Gasteiger partial charge in [-0.2, -0.15) is 0 Å². The number of benzene rings is 2. The van der Waals surface area contributed by atoms with Crippen LogP contribution < -0.4 is 5.43 Å². The van der Waals surface area contributed by atoms with Crippen LogP contribution in [0.3, 0.4) is 0 Å². The molecule has 0 unspecified atom stereocenters. The van der Waals surface area contributed by atoms with E-state index in [0.717, 1.165) is 10.0 Å². The van der Waals surface area contributed by atoms with Crippen LogP contribution in [0.2, 0.25) is 0 Å². The van der Waals surface area contributed by atoms with Gasteiger partial charge in [0.05, 0.1) is 17.0 Å². The molecule has 0 bridgehead atoms. The lowest BCUT2D eigenvalue weighted by Crippen LogP contribution is -2.35. The second kappa shape index (κ2) is 6.94. The summed E-state index contributed by atoms with van der Waals surface area (Å²) < 4.78 is 6.80. The van der Waals surface area contributed by atoms with E-state index in [1.807, 2.05) is 43.3 Å². The Morgan fingerprint density at radius 2 is 1.89 bits per heavy atom. The van der Waals surface area contributed by atoms with Gasteiger partial charge in [-0.05, 0) is 43.9 Å². The van der Waals surface area contributed by atoms with Gasteiger partial charge in [-0.1, -0.05) is 40.2 Å². The molecule has 0 fully saturated rings. The molecule has 138 valence electrons. The lowest BCUT2D eigenvalue weighted by Gasteiger charge is -2.26. The first-order chi connectivity index (χ1) is 13.0. The van der Waals surface area contributed by atoms with Crippen molar-refractivity contribution in [3.63, 3.8) is 0 Å². The molecule has 2 aromatic carbocycles. The molecule has 4 rings (SSSR count). The summed E-state index contributed by atoms with van der Waals surface area (Å²) in [7, 11) is 3.92. The Morgan fingerprint density at radius 3 is 2.63 bits per heavy atom. The number of hydrogen-bond donors (Lipinski definition) is 0. The van der Waals surface area contributed by atoms with Crippen LogP contribution in [0.5, 0.6) is 0 Å². The molecule has 1 amide bonds. The van der Waals surface area contributed by atoms with E-state index in [9.17, 15) is 9.59 Å². The molecule has 0 saturated carbocycles. The fourth-order valence-electron chi connectivity index (χ4n) is 3.53. The van der Waals surface area contributed by atoms with Crippen molar-refractivity contribution in [1.82, 2.24) is 9.80 Å². The first kappa shape index (κ1) is 17.9. The highest BCUT2D eigenvalue weighted by Gasteiger charge is 2.42. The lowest BCUT2D eigenvalue weighted by atomic mass is 9.98. The number of amides is 1. The summed E-state index contributed by atoms with van der Waals surface area (Å²) in [4.78, 5) is 30.1. The van der Waals surface area contributed by atoms with E-state index in [-0.39, 0.29) is 17.1 Å².